The molecule has 1 aliphatic rings. The number of likely N-dealkylation sites (tertiary alicyclic amines) is 1. The molecule has 0 saturated carbocycles. The molecule has 2 amide bonds. The molecule has 1 saturated heterocycles. The molecule has 1 heterocycles. The van der Waals surface area contributed by atoms with Crippen molar-refractivity contribution in [2.45, 2.75) is 39.5 Å². The molecule has 1 N–H and O–H groups in total. The molecule has 23 heavy (non-hydrogen) atoms. The van der Waals surface area contributed by atoms with E-state index in [0.717, 1.165) is 43.7 Å². The summed E-state index contributed by atoms with van der Waals surface area (Å²) in [4.78, 5) is 25.4. The second-order valence-corrected chi connectivity index (χ2v) is 6.00. The molecule has 5 nitrogen and oxygen atoms in total. The summed E-state index contributed by atoms with van der Waals surface area (Å²) in [6.45, 7) is 5.75. The number of carbonyl (C=O) groups excluding carboxylic acids is 2. The van der Waals surface area contributed by atoms with E-state index in [4.69, 9.17) is 4.74 Å². The fraction of sp³-hybridized carbons (Fsp3) is 0.556. The minimum absolute atomic E-state index is 0.0221. The van der Waals surface area contributed by atoms with Crippen LogP contribution in [0, 0.1) is 5.92 Å². The van der Waals surface area contributed by atoms with E-state index in [2.05, 4.69) is 12.2 Å². The molecule has 5 heteroatoms. The summed E-state index contributed by atoms with van der Waals surface area (Å²) >= 11 is 0. The number of hydrogen-bond donors (Lipinski definition) is 1. The van der Waals surface area contributed by atoms with Gasteiger partial charge in [-0.05, 0) is 43.5 Å². The lowest BCUT2D eigenvalue weighted by Crippen LogP contribution is -2.40. The van der Waals surface area contributed by atoms with E-state index < -0.39 is 0 Å². The van der Waals surface area contributed by atoms with Gasteiger partial charge in [-0.2, -0.15) is 0 Å². The van der Waals surface area contributed by atoms with Gasteiger partial charge in [0.2, 0.25) is 11.8 Å². The molecular weight excluding hydrogens is 292 g/mol. The first kappa shape index (κ1) is 17.3. The van der Waals surface area contributed by atoms with Crippen LogP contribution in [0.1, 0.15) is 39.5 Å². The van der Waals surface area contributed by atoms with Crippen LogP contribution in [-0.4, -0.2) is 36.4 Å². The van der Waals surface area contributed by atoms with Gasteiger partial charge in [-0.25, -0.2) is 0 Å². The van der Waals surface area contributed by atoms with E-state index in [1.807, 2.05) is 24.3 Å². The Morgan fingerprint density at radius 2 is 1.87 bits per heavy atom. The van der Waals surface area contributed by atoms with Gasteiger partial charge in [-0.15, -0.1) is 0 Å². The van der Waals surface area contributed by atoms with Gasteiger partial charge in [0.05, 0.1) is 6.61 Å². The molecule has 0 aliphatic carbocycles. The molecule has 0 atom stereocenters. The average Bonchev–Trinajstić information content (AvgIpc) is 2.56. The number of nitrogens with one attached hydrogen (secondary N) is 1. The van der Waals surface area contributed by atoms with E-state index >= 15 is 0 Å². The maximum Gasteiger partial charge on any atom is 0.227 e. The molecule has 1 aromatic carbocycles. The number of amides is 2. The van der Waals surface area contributed by atoms with Gasteiger partial charge in [0.1, 0.15) is 5.75 Å². The summed E-state index contributed by atoms with van der Waals surface area (Å²) in [5.74, 6) is 0.924. The molecule has 0 radical (unpaired) electrons. The third kappa shape index (κ3) is 5.27. The zero-order valence-corrected chi connectivity index (χ0v) is 14.0. The number of anilines is 1. The molecule has 1 aromatic rings. The topological polar surface area (TPSA) is 58.6 Å². The summed E-state index contributed by atoms with van der Waals surface area (Å²) in [7, 11) is 0. The zero-order chi connectivity index (χ0) is 16.7. The van der Waals surface area contributed by atoms with Gasteiger partial charge in [-0.3, -0.25) is 9.59 Å². The highest BCUT2D eigenvalue weighted by molar-refractivity contribution is 5.92. The predicted octanol–water partition coefficient (Wildman–Crippen LogP) is 3.06. The molecular formula is C18H26N2O3. The van der Waals surface area contributed by atoms with Crippen LogP contribution < -0.4 is 10.1 Å². The summed E-state index contributed by atoms with van der Waals surface area (Å²) in [5, 5.41) is 2.95. The number of carbonyl (C=O) groups is 2. The highest BCUT2D eigenvalue weighted by Gasteiger charge is 2.25. The molecule has 0 spiro atoms. The lowest BCUT2D eigenvalue weighted by Gasteiger charge is -2.30. The number of hydrogen-bond acceptors (Lipinski definition) is 3. The molecule has 0 unspecified atom stereocenters. The Hall–Kier alpha value is -2.04. The number of rotatable bonds is 6. The van der Waals surface area contributed by atoms with Gasteiger partial charge in [0.15, 0.2) is 0 Å². The quantitative estimate of drug-likeness (QED) is 0.820. The van der Waals surface area contributed by atoms with Gasteiger partial charge in [0.25, 0.3) is 0 Å². The second kappa shape index (κ2) is 8.56. The maximum atomic E-state index is 12.3. The lowest BCUT2D eigenvalue weighted by atomic mass is 9.96. The highest BCUT2D eigenvalue weighted by Crippen LogP contribution is 2.21. The van der Waals surface area contributed by atoms with Crippen molar-refractivity contribution in [3.05, 3.63) is 24.3 Å². The SMILES string of the molecule is CCCCOc1ccc(NC(=O)C2CCN(C(C)=O)CC2)cc1. The van der Waals surface area contributed by atoms with Crippen LogP contribution in [0.25, 0.3) is 0 Å². The maximum absolute atomic E-state index is 12.3. The Morgan fingerprint density at radius 1 is 1.22 bits per heavy atom. The number of unbranched alkanes of at least 4 members (excludes halogenated alkanes) is 1. The average molecular weight is 318 g/mol. The number of nitrogens with zero attached hydrogens (tertiary/aromatic N) is 1. The van der Waals surface area contributed by atoms with Gasteiger partial charge in [0, 0.05) is 31.6 Å². The Kier molecular flexibility index (Phi) is 6.44. The minimum Gasteiger partial charge on any atom is -0.494 e. The normalized spacial score (nSPS) is 15.3. The van der Waals surface area contributed by atoms with Gasteiger partial charge < -0.3 is 15.0 Å². The first-order chi connectivity index (χ1) is 11.1. The van der Waals surface area contributed by atoms with Crippen molar-refractivity contribution in [1.29, 1.82) is 0 Å². The molecule has 1 fully saturated rings. The van der Waals surface area contributed by atoms with Crippen LogP contribution in [-0.2, 0) is 9.59 Å². The first-order valence-electron chi connectivity index (χ1n) is 8.39. The Morgan fingerprint density at radius 3 is 2.43 bits per heavy atom. The van der Waals surface area contributed by atoms with Crippen molar-refractivity contribution in [3.63, 3.8) is 0 Å². The van der Waals surface area contributed by atoms with Crippen molar-refractivity contribution in [3.8, 4) is 5.75 Å². The molecule has 0 bridgehead atoms. The minimum atomic E-state index is -0.0221. The van der Waals surface area contributed by atoms with E-state index in [-0.39, 0.29) is 17.7 Å². The third-order valence-electron chi connectivity index (χ3n) is 4.20. The number of benzene rings is 1. The number of ether oxygens (including phenoxy) is 1. The predicted molar refractivity (Wildman–Crippen MR) is 90.5 cm³/mol. The third-order valence-corrected chi connectivity index (χ3v) is 4.20. The van der Waals surface area contributed by atoms with E-state index in [1.165, 1.54) is 0 Å². The zero-order valence-electron chi connectivity index (χ0n) is 14.0. The van der Waals surface area contributed by atoms with E-state index in [0.29, 0.717) is 13.1 Å². The Balaban J connectivity index is 1.80. The smallest absolute Gasteiger partial charge is 0.227 e. The van der Waals surface area contributed by atoms with Crippen LogP contribution in [0.15, 0.2) is 24.3 Å². The fourth-order valence-electron chi connectivity index (χ4n) is 2.67. The van der Waals surface area contributed by atoms with Crippen LogP contribution >= 0.6 is 0 Å². The summed E-state index contributed by atoms with van der Waals surface area (Å²) < 4.78 is 5.61. The first-order valence-corrected chi connectivity index (χ1v) is 8.39. The fourth-order valence-corrected chi connectivity index (χ4v) is 2.67. The van der Waals surface area contributed by atoms with E-state index in [9.17, 15) is 9.59 Å². The van der Waals surface area contributed by atoms with Crippen LogP contribution in [0.4, 0.5) is 5.69 Å². The van der Waals surface area contributed by atoms with Crippen LogP contribution in [0.5, 0.6) is 5.75 Å². The summed E-state index contributed by atoms with van der Waals surface area (Å²) in [6.07, 6.45) is 3.60. The van der Waals surface area contributed by atoms with Gasteiger partial charge in [-0.1, -0.05) is 13.3 Å². The number of piperidine rings is 1. The van der Waals surface area contributed by atoms with Crippen molar-refractivity contribution in [2.24, 2.45) is 5.92 Å². The Bertz CT molecular complexity index is 520. The van der Waals surface area contributed by atoms with Crippen molar-refractivity contribution in [2.75, 3.05) is 25.0 Å². The van der Waals surface area contributed by atoms with Crippen molar-refractivity contribution >= 4 is 17.5 Å². The molecule has 1 aliphatic heterocycles. The highest BCUT2D eigenvalue weighted by atomic mass is 16.5. The molecule has 2 rings (SSSR count). The summed E-state index contributed by atoms with van der Waals surface area (Å²) in [6, 6.07) is 7.49. The standard InChI is InChI=1S/C18H26N2O3/c1-3-4-13-23-17-7-5-16(6-8-17)19-18(22)15-9-11-20(12-10-15)14(2)21/h5-8,15H,3-4,9-13H2,1-2H3,(H,19,22). The van der Waals surface area contributed by atoms with Crippen LogP contribution in [0.3, 0.4) is 0 Å². The van der Waals surface area contributed by atoms with Crippen LogP contribution in [0.2, 0.25) is 0 Å². The molecule has 126 valence electrons. The van der Waals surface area contributed by atoms with E-state index in [1.54, 1.807) is 11.8 Å². The second-order valence-electron chi connectivity index (χ2n) is 6.00. The van der Waals surface area contributed by atoms with Crippen molar-refractivity contribution < 1.29 is 14.3 Å². The van der Waals surface area contributed by atoms with Crippen molar-refractivity contribution in [1.82, 2.24) is 4.90 Å². The lowest BCUT2D eigenvalue weighted by molar-refractivity contribution is -0.132. The molecule has 0 aromatic heterocycles. The summed E-state index contributed by atoms with van der Waals surface area (Å²) in [5.41, 5.74) is 0.784. The van der Waals surface area contributed by atoms with Gasteiger partial charge >= 0.3 is 0 Å². The Labute approximate surface area is 138 Å². The monoisotopic (exact) mass is 318 g/mol. The largest absolute Gasteiger partial charge is 0.494 e.